The second-order valence-electron chi connectivity index (χ2n) is 10.4. The second kappa shape index (κ2) is 19.9. The third-order valence-electron chi connectivity index (χ3n) is 7.00. The van der Waals surface area contributed by atoms with Crippen LogP contribution in [0.3, 0.4) is 0 Å². The fourth-order valence-corrected chi connectivity index (χ4v) is 4.37. The van der Waals surface area contributed by atoms with Crippen LogP contribution >= 0.6 is 0 Å². The van der Waals surface area contributed by atoms with Crippen molar-refractivity contribution in [2.45, 2.75) is 123 Å². The molecule has 0 saturated heterocycles. The average molecular weight is 580 g/mol. The van der Waals surface area contributed by atoms with E-state index in [0.717, 1.165) is 44.9 Å². The predicted molar refractivity (Wildman–Crippen MR) is 155 cm³/mol. The van der Waals surface area contributed by atoms with Gasteiger partial charge in [0.2, 0.25) is 0 Å². The summed E-state index contributed by atoms with van der Waals surface area (Å²) in [5, 5.41) is 9.79. The summed E-state index contributed by atoms with van der Waals surface area (Å²) in [5.41, 5.74) is 6.56. The molecule has 0 fully saturated rings. The van der Waals surface area contributed by atoms with E-state index in [1.54, 1.807) is 19.9 Å². The number of aliphatic carboxylic acids is 1. The maximum Gasteiger partial charge on any atom is 0.508 e. The van der Waals surface area contributed by atoms with Gasteiger partial charge in [0, 0.05) is 24.7 Å². The van der Waals surface area contributed by atoms with Crippen LogP contribution in [0.25, 0.3) is 0 Å². The van der Waals surface area contributed by atoms with Gasteiger partial charge in [0.1, 0.15) is 12.1 Å². The molecule has 0 bridgehead atoms. The van der Waals surface area contributed by atoms with E-state index in [-0.39, 0.29) is 30.9 Å². The number of hydrogen-bond acceptors (Lipinski definition) is 9. The zero-order valence-electron chi connectivity index (χ0n) is 25.3. The first-order valence-corrected chi connectivity index (χ1v) is 14.9. The molecule has 3 unspecified atom stereocenters. The van der Waals surface area contributed by atoms with Crippen molar-refractivity contribution in [3.63, 3.8) is 0 Å². The first-order chi connectivity index (χ1) is 19.5. The summed E-state index contributed by atoms with van der Waals surface area (Å²) in [6.07, 6.45) is 6.37. The number of benzene rings is 1. The predicted octanol–water partition coefficient (Wildman–Crippen LogP) is 6.52. The molecule has 0 aliphatic rings. The molecule has 10 nitrogen and oxygen atoms in total. The van der Waals surface area contributed by atoms with Crippen molar-refractivity contribution in [3.8, 4) is 11.5 Å². The van der Waals surface area contributed by atoms with Crippen LogP contribution in [0.15, 0.2) is 18.2 Å². The Hall–Kier alpha value is -3.14. The minimum absolute atomic E-state index is 0.00605. The molecule has 0 radical (unpaired) electrons. The van der Waals surface area contributed by atoms with Gasteiger partial charge in [-0.1, -0.05) is 72.3 Å². The van der Waals surface area contributed by atoms with Crippen molar-refractivity contribution in [1.82, 2.24) is 0 Å². The molecule has 0 aliphatic carbocycles. The first kappa shape index (κ1) is 35.9. The lowest BCUT2D eigenvalue weighted by Gasteiger charge is -2.31. The Bertz CT molecular complexity index is 965. The van der Waals surface area contributed by atoms with Crippen LogP contribution in [0.2, 0.25) is 0 Å². The molecule has 3 N–H and O–H groups in total. The van der Waals surface area contributed by atoms with E-state index in [4.69, 9.17) is 24.7 Å². The number of rotatable bonds is 20. The van der Waals surface area contributed by atoms with Crippen molar-refractivity contribution in [3.05, 3.63) is 23.8 Å². The Morgan fingerprint density at radius 2 is 1.34 bits per heavy atom. The summed E-state index contributed by atoms with van der Waals surface area (Å²) in [6.45, 7) is 9.69. The molecular weight excluding hydrogens is 530 g/mol. The largest absolute Gasteiger partial charge is 0.508 e. The van der Waals surface area contributed by atoms with E-state index in [1.165, 1.54) is 12.1 Å². The molecule has 1 rings (SSSR count). The number of esters is 2. The van der Waals surface area contributed by atoms with Crippen LogP contribution in [-0.2, 0) is 23.9 Å². The van der Waals surface area contributed by atoms with E-state index >= 15 is 0 Å². The van der Waals surface area contributed by atoms with Gasteiger partial charge in [-0.3, -0.25) is 14.4 Å². The van der Waals surface area contributed by atoms with E-state index in [1.807, 2.05) is 20.8 Å². The van der Waals surface area contributed by atoms with Gasteiger partial charge in [-0.2, -0.15) is 0 Å². The van der Waals surface area contributed by atoms with Crippen molar-refractivity contribution < 1.29 is 43.2 Å². The lowest BCUT2D eigenvalue weighted by atomic mass is 9.79. The summed E-state index contributed by atoms with van der Waals surface area (Å²) in [7, 11) is 0. The highest BCUT2D eigenvalue weighted by molar-refractivity contribution is 5.77. The van der Waals surface area contributed by atoms with Gasteiger partial charge >= 0.3 is 24.1 Å². The monoisotopic (exact) mass is 579 g/mol. The SMILES string of the molecule is CCCCCOC(=O)OC(C)C(C)C(c1ccc(OC(=O)CCCCC)c(OC(=O)CCCCC)c1)[C@H](N)C(=O)O. The van der Waals surface area contributed by atoms with E-state index < -0.39 is 48.0 Å². The summed E-state index contributed by atoms with van der Waals surface area (Å²) in [6, 6.07) is 3.17. The average Bonchev–Trinajstić information content (AvgIpc) is 2.92. The van der Waals surface area contributed by atoms with Crippen molar-refractivity contribution in [2.24, 2.45) is 11.7 Å². The number of carboxylic acids is 1. The van der Waals surface area contributed by atoms with Crippen LogP contribution in [0, 0.1) is 5.92 Å². The highest BCUT2D eigenvalue weighted by Crippen LogP contribution is 2.37. The Morgan fingerprint density at radius 1 is 0.805 bits per heavy atom. The molecule has 0 aromatic heterocycles. The van der Waals surface area contributed by atoms with Crippen LogP contribution in [0.4, 0.5) is 4.79 Å². The van der Waals surface area contributed by atoms with Crippen molar-refractivity contribution in [1.29, 1.82) is 0 Å². The molecule has 41 heavy (non-hydrogen) atoms. The zero-order chi connectivity index (χ0) is 30.8. The van der Waals surface area contributed by atoms with E-state index in [2.05, 4.69) is 0 Å². The molecular formula is C31H49NO9. The number of ether oxygens (including phenoxy) is 4. The van der Waals surface area contributed by atoms with E-state index in [0.29, 0.717) is 18.4 Å². The van der Waals surface area contributed by atoms with Gasteiger partial charge in [0.25, 0.3) is 0 Å². The molecule has 0 amide bonds. The molecule has 232 valence electrons. The third-order valence-corrected chi connectivity index (χ3v) is 7.00. The van der Waals surface area contributed by atoms with Gasteiger partial charge in [-0.05, 0) is 43.9 Å². The van der Waals surface area contributed by atoms with Crippen molar-refractivity contribution >= 4 is 24.1 Å². The Balaban J connectivity index is 3.27. The first-order valence-electron chi connectivity index (χ1n) is 14.9. The summed E-state index contributed by atoms with van der Waals surface area (Å²) < 4.78 is 21.7. The van der Waals surface area contributed by atoms with Crippen LogP contribution in [0.5, 0.6) is 11.5 Å². The maximum atomic E-state index is 12.6. The lowest BCUT2D eigenvalue weighted by molar-refractivity contribution is -0.140. The topological polar surface area (TPSA) is 151 Å². The highest BCUT2D eigenvalue weighted by Gasteiger charge is 2.36. The Morgan fingerprint density at radius 3 is 1.88 bits per heavy atom. The number of unbranched alkanes of at least 4 members (excludes halogenated alkanes) is 6. The number of hydrogen-bond donors (Lipinski definition) is 2. The fourth-order valence-electron chi connectivity index (χ4n) is 4.37. The van der Waals surface area contributed by atoms with E-state index in [9.17, 15) is 24.3 Å². The zero-order valence-corrected chi connectivity index (χ0v) is 25.3. The number of carbonyl (C=O) groups is 4. The molecule has 0 aliphatic heterocycles. The summed E-state index contributed by atoms with van der Waals surface area (Å²) in [4.78, 5) is 49.3. The second-order valence-corrected chi connectivity index (χ2v) is 10.4. The van der Waals surface area contributed by atoms with Crippen LogP contribution in [-0.4, -0.2) is 47.9 Å². The minimum atomic E-state index is -1.37. The quantitative estimate of drug-likeness (QED) is 0.0991. The molecule has 1 aromatic rings. The van der Waals surface area contributed by atoms with Gasteiger partial charge < -0.3 is 29.8 Å². The highest BCUT2D eigenvalue weighted by atomic mass is 16.7. The summed E-state index contributed by atoms with van der Waals surface area (Å²) >= 11 is 0. The van der Waals surface area contributed by atoms with Crippen LogP contribution < -0.4 is 15.2 Å². The normalized spacial score (nSPS) is 13.9. The molecule has 4 atom stereocenters. The van der Waals surface area contributed by atoms with Crippen LogP contribution in [0.1, 0.15) is 117 Å². The molecule has 1 aromatic carbocycles. The Labute approximate surface area is 244 Å². The summed E-state index contributed by atoms with van der Waals surface area (Å²) in [5.74, 6) is -3.54. The Kier molecular flexibility index (Phi) is 17.4. The molecule has 10 heteroatoms. The standard InChI is InChI=1S/C31H49NO9/c1-6-9-12-15-26(33)40-24-18-17-23(20-25(24)41-27(34)16-13-10-7-2)28(29(32)30(35)36)21(4)22(5)39-31(37)38-19-14-11-8-3/h17-18,20-22,28-29H,6-16,19,32H2,1-5H3,(H,35,36)/t21?,22?,28?,29-/m0/s1. The minimum Gasteiger partial charge on any atom is -0.480 e. The maximum absolute atomic E-state index is 12.6. The van der Waals surface area contributed by atoms with Gasteiger partial charge in [-0.25, -0.2) is 4.79 Å². The third kappa shape index (κ3) is 13.4. The lowest BCUT2D eigenvalue weighted by Crippen LogP contribution is -2.42. The number of nitrogens with two attached hydrogens (primary N) is 1. The van der Waals surface area contributed by atoms with Gasteiger partial charge in [-0.15, -0.1) is 0 Å². The molecule has 0 heterocycles. The number of carbonyl (C=O) groups excluding carboxylic acids is 3. The van der Waals surface area contributed by atoms with Gasteiger partial charge in [0.15, 0.2) is 11.5 Å². The fraction of sp³-hybridized carbons (Fsp3) is 0.677. The number of carboxylic acid groups (broad SMARTS) is 1. The molecule has 0 saturated carbocycles. The van der Waals surface area contributed by atoms with Gasteiger partial charge in [0.05, 0.1) is 6.61 Å². The smallest absolute Gasteiger partial charge is 0.480 e. The van der Waals surface area contributed by atoms with Crippen molar-refractivity contribution in [2.75, 3.05) is 6.61 Å². The molecule has 0 spiro atoms.